The molecule has 1 amide bonds. The first kappa shape index (κ1) is 22.9. The summed E-state index contributed by atoms with van der Waals surface area (Å²) in [6, 6.07) is 17.1. The molecule has 4 atom stereocenters. The lowest BCUT2D eigenvalue weighted by Crippen LogP contribution is -2.55. The van der Waals surface area contributed by atoms with E-state index in [9.17, 15) is 19.3 Å². The summed E-state index contributed by atoms with van der Waals surface area (Å²) in [4.78, 5) is 28.0. The molecule has 3 aromatic rings. The standard InChI is InChI=1S/C27H23ClFN3O4/c28-20-14-17(9-12-23(20)36-15-16-7-10-18(29)11-8-16)24-22-6-3-13-31(22)27(25(24)32(34)35)19-4-1-2-5-21(19)30-26(27)33/h1-2,4-5,7-12,14,22,24-25H,3,6,13,15H2,(H,30,33)/t22-,24+,25+,27-/m0/s1. The summed E-state index contributed by atoms with van der Waals surface area (Å²) in [5.41, 5.74) is 1.42. The van der Waals surface area contributed by atoms with Gasteiger partial charge in [-0.2, -0.15) is 0 Å². The third-order valence-electron chi connectivity index (χ3n) is 7.74. The highest BCUT2D eigenvalue weighted by Gasteiger charge is 2.73. The summed E-state index contributed by atoms with van der Waals surface area (Å²) >= 11 is 6.58. The fourth-order valence-corrected chi connectivity index (χ4v) is 6.60. The maximum absolute atomic E-state index is 13.5. The molecule has 3 heterocycles. The van der Waals surface area contributed by atoms with Gasteiger partial charge in [0.2, 0.25) is 0 Å². The molecule has 3 aliphatic rings. The molecule has 0 saturated carbocycles. The number of ether oxygens (including phenoxy) is 1. The summed E-state index contributed by atoms with van der Waals surface area (Å²) in [6.07, 6.45) is 1.61. The van der Waals surface area contributed by atoms with Crippen LogP contribution in [0.3, 0.4) is 0 Å². The second-order valence-electron chi connectivity index (χ2n) is 9.53. The van der Waals surface area contributed by atoms with Gasteiger partial charge in [0.25, 0.3) is 11.9 Å². The molecule has 2 saturated heterocycles. The van der Waals surface area contributed by atoms with E-state index in [-0.39, 0.29) is 29.3 Å². The van der Waals surface area contributed by atoms with E-state index < -0.39 is 17.5 Å². The Balaban J connectivity index is 1.37. The second-order valence-corrected chi connectivity index (χ2v) is 9.94. The molecule has 3 aliphatic heterocycles. The van der Waals surface area contributed by atoms with Crippen LogP contribution in [0, 0.1) is 15.9 Å². The van der Waals surface area contributed by atoms with E-state index in [1.165, 1.54) is 12.1 Å². The zero-order chi connectivity index (χ0) is 25.0. The van der Waals surface area contributed by atoms with Crippen molar-refractivity contribution in [1.82, 2.24) is 4.90 Å². The van der Waals surface area contributed by atoms with Gasteiger partial charge in [0, 0.05) is 28.8 Å². The van der Waals surface area contributed by atoms with Crippen molar-refractivity contribution in [3.63, 3.8) is 0 Å². The molecule has 9 heteroatoms. The van der Waals surface area contributed by atoms with Gasteiger partial charge in [0.05, 0.1) is 10.9 Å². The van der Waals surface area contributed by atoms with Crippen molar-refractivity contribution < 1.29 is 18.8 Å². The highest BCUT2D eigenvalue weighted by Crippen LogP contribution is 2.58. The predicted octanol–water partition coefficient (Wildman–Crippen LogP) is 5.11. The molecule has 1 spiro atoms. The molecule has 2 fully saturated rings. The molecule has 3 aromatic carbocycles. The van der Waals surface area contributed by atoms with Crippen molar-refractivity contribution >= 4 is 23.2 Å². The van der Waals surface area contributed by atoms with Crippen molar-refractivity contribution in [1.29, 1.82) is 0 Å². The van der Waals surface area contributed by atoms with Crippen LogP contribution in [0.4, 0.5) is 10.1 Å². The minimum atomic E-state index is -1.36. The van der Waals surface area contributed by atoms with Crippen LogP contribution in [0.25, 0.3) is 0 Å². The summed E-state index contributed by atoms with van der Waals surface area (Å²) < 4.78 is 19.0. The van der Waals surface area contributed by atoms with E-state index in [4.69, 9.17) is 16.3 Å². The summed E-state index contributed by atoms with van der Waals surface area (Å²) in [5.74, 6) is -0.758. The number of carbonyl (C=O) groups excluding carboxylic acids is 1. The first-order valence-electron chi connectivity index (χ1n) is 11.9. The van der Waals surface area contributed by atoms with Gasteiger partial charge >= 0.3 is 0 Å². The van der Waals surface area contributed by atoms with E-state index in [2.05, 4.69) is 5.32 Å². The Morgan fingerprint density at radius 1 is 1.17 bits per heavy atom. The number of hydrogen-bond donors (Lipinski definition) is 1. The molecule has 36 heavy (non-hydrogen) atoms. The SMILES string of the molecule is O=C1Nc2ccccc2[C@]12[C@H]([N+](=O)[O-])[C@H](c1ccc(OCc3ccc(F)cc3)c(Cl)c1)[C@@H]1CCCN12. The minimum absolute atomic E-state index is 0.167. The quantitative estimate of drug-likeness (QED) is 0.383. The zero-order valence-electron chi connectivity index (χ0n) is 19.2. The van der Waals surface area contributed by atoms with Crippen LogP contribution in [0.1, 0.15) is 35.4 Å². The normalized spacial score (nSPS) is 26.6. The average molecular weight is 508 g/mol. The maximum Gasteiger partial charge on any atom is 0.256 e. The number of nitro groups is 1. The number of fused-ring (bicyclic) bond motifs is 4. The Morgan fingerprint density at radius 2 is 1.94 bits per heavy atom. The number of nitrogens with zero attached hydrogens (tertiary/aromatic N) is 2. The first-order chi connectivity index (χ1) is 17.4. The van der Waals surface area contributed by atoms with Crippen LogP contribution in [0.5, 0.6) is 5.75 Å². The third kappa shape index (κ3) is 3.32. The van der Waals surface area contributed by atoms with Gasteiger partial charge in [-0.3, -0.25) is 19.8 Å². The third-order valence-corrected chi connectivity index (χ3v) is 8.04. The maximum atomic E-state index is 13.5. The fraction of sp³-hybridized carbons (Fsp3) is 0.296. The zero-order valence-corrected chi connectivity index (χ0v) is 20.0. The number of carbonyl (C=O) groups is 1. The van der Waals surface area contributed by atoms with Crippen LogP contribution in [0.15, 0.2) is 66.7 Å². The smallest absolute Gasteiger partial charge is 0.256 e. The van der Waals surface area contributed by atoms with Crippen LogP contribution in [-0.2, 0) is 16.9 Å². The van der Waals surface area contributed by atoms with Crippen LogP contribution in [0.2, 0.25) is 5.02 Å². The molecule has 6 rings (SSSR count). The molecule has 7 nitrogen and oxygen atoms in total. The van der Waals surface area contributed by atoms with Crippen LogP contribution < -0.4 is 10.1 Å². The van der Waals surface area contributed by atoms with E-state index >= 15 is 0 Å². The lowest BCUT2D eigenvalue weighted by atomic mass is 9.77. The van der Waals surface area contributed by atoms with Crippen molar-refractivity contribution in [2.45, 2.75) is 43.0 Å². The lowest BCUT2D eigenvalue weighted by Gasteiger charge is -2.32. The number of hydrogen-bond acceptors (Lipinski definition) is 5. The fourth-order valence-electron chi connectivity index (χ4n) is 6.36. The van der Waals surface area contributed by atoms with Crippen LogP contribution in [-0.4, -0.2) is 34.4 Å². The van der Waals surface area contributed by atoms with Crippen molar-refractivity contribution in [3.8, 4) is 5.75 Å². The molecule has 0 aromatic heterocycles. The number of amides is 1. The van der Waals surface area contributed by atoms with Gasteiger partial charge in [0.15, 0.2) is 5.54 Å². The Labute approximate surface area is 212 Å². The number of anilines is 1. The molecular formula is C27H23ClFN3O4. The van der Waals surface area contributed by atoms with E-state index in [1.54, 1.807) is 36.4 Å². The lowest BCUT2D eigenvalue weighted by molar-refractivity contribution is -0.534. The number of para-hydroxylation sites is 1. The Kier molecular flexibility index (Phi) is 5.46. The Bertz CT molecular complexity index is 1370. The molecule has 184 valence electrons. The van der Waals surface area contributed by atoms with E-state index in [0.717, 1.165) is 18.4 Å². The summed E-state index contributed by atoms with van der Waals surface area (Å²) in [5, 5.41) is 15.9. The first-order valence-corrected chi connectivity index (χ1v) is 12.3. The van der Waals surface area contributed by atoms with E-state index in [0.29, 0.717) is 34.1 Å². The summed E-state index contributed by atoms with van der Waals surface area (Å²) in [6.45, 7) is 0.816. The topological polar surface area (TPSA) is 84.7 Å². The number of halogens is 2. The predicted molar refractivity (Wildman–Crippen MR) is 132 cm³/mol. The second kappa shape index (κ2) is 8.57. The Hall–Kier alpha value is -3.49. The average Bonchev–Trinajstić information content (AvgIpc) is 3.52. The Morgan fingerprint density at radius 3 is 2.69 bits per heavy atom. The highest BCUT2D eigenvalue weighted by atomic mass is 35.5. The largest absolute Gasteiger partial charge is 0.487 e. The minimum Gasteiger partial charge on any atom is -0.487 e. The number of rotatable bonds is 5. The van der Waals surface area contributed by atoms with Crippen molar-refractivity contribution in [3.05, 3.63) is 104 Å². The van der Waals surface area contributed by atoms with Gasteiger partial charge in [-0.25, -0.2) is 4.39 Å². The van der Waals surface area contributed by atoms with Crippen molar-refractivity contribution in [2.75, 3.05) is 11.9 Å². The monoisotopic (exact) mass is 507 g/mol. The molecule has 0 bridgehead atoms. The molecule has 1 N–H and O–H groups in total. The van der Waals surface area contributed by atoms with Gasteiger partial charge in [0.1, 0.15) is 18.2 Å². The van der Waals surface area contributed by atoms with E-state index in [1.807, 2.05) is 23.1 Å². The van der Waals surface area contributed by atoms with Crippen molar-refractivity contribution in [2.24, 2.45) is 0 Å². The van der Waals surface area contributed by atoms with Gasteiger partial charge in [-0.15, -0.1) is 0 Å². The van der Waals surface area contributed by atoms with Gasteiger partial charge in [-0.1, -0.05) is 48.0 Å². The van der Waals surface area contributed by atoms with Crippen LogP contribution >= 0.6 is 11.6 Å². The number of benzene rings is 3. The summed E-state index contributed by atoms with van der Waals surface area (Å²) in [7, 11) is 0. The molecule has 0 radical (unpaired) electrons. The molecule has 0 unspecified atom stereocenters. The highest BCUT2D eigenvalue weighted by molar-refractivity contribution is 6.32. The number of nitrogens with one attached hydrogen (secondary N) is 1. The van der Waals surface area contributed by atoms with Gasteiger partial charge in [-0.05, 0) is 54.3 Å². The molecule has 0 aliphatic carbocycles. The van der Waals surface area contributed by atoms with Gasteiger partial charge < -0.3 is 10.1 Å². The molecular weight excluding hydrogens is 485 g/mol.